The van der Waals surface area contributed by atoms with Gasteiger partial charge < -0.3 is 10.1 Å². The van der Waals surface area contributed by atoms with E-state index < -0.39 is 0 Å². The van der Waals surface area contributed by atoms with Gasteiger partial charge in [0.15, 0.2) is 5.17 Å². The van der Waals surface area contributed by atoms with Gasteiger partial charge in [-0.15, -0.1) is 0 Å². The van der Waals surface area contributed by atoms with Gasteiger partial charge in [-0.1, -0.05) is 42.1 Å². The molecule has 1 unspecified atom stereocenters. The molecule has 0 fully saturated rings. The van der Waals surface area contributed by atoms with Gasteiger partial charge in [0.2, 0.25) is 0 Å². The molecule has 0 aliphatic carbocycles. The smallest absolute Gasteiger partial charge is 0.161 e. The van der Waals surface area contributed by atoms with Gasteiger partial charge >= 0.3 is 0 Å². The number of thioether (sulfide) groups is 1. The molecule has 0 saturated carbocycles. The minimum Gasteiger partial charge on any atom is -0.383 e. The number of ether oxygens (including phenoxy) is 1. The molecule has 2 aromatic rings. The molecule has 0 bridgehead atoms. The highest BCUT2D eigenvalue weighted by Crippen LogP contribution is 2.35. The second-order valence-corrected chi connectivity index (χ2v) is 5.96. The standard InChI is InChI=1S/C15H18N4OS/c1-20-8-7-19-11-13(9-17-19)18-15-16-10-14(21-15)12-5-3-2-4-6-12/h2-6,9,11,14H,7-8,10H2,1H3,(H,16,18). The lowest BCUT2D eigenvalue weighted by atomic mass is 10.1. The molecule has 6 heteroatoms. The molecule has 1 atom stereocenters. The normalized spacial score (nSPS) is 17.8. The SMILES string of the molecule is COCCn1cc(NC2=NCC(c3ccccc3)S2)cn1. The molecule has 1 aromatic heterocycles. The summed E-state index contributed by atoms with van der Waals surface area (Å²) in [6.45, 7) is 2.23. The number of nitrogens with zero attached hydrogens (tertiary/aromatic N) is 3. The van der Waals surface area contributed by atoms with Crippen LogP contribution in [0.1, 0.15) is 10.8 Å². The average molecular weight is 302 g/mol. The molecule has 0 saturated heterocycles. The fourth-order valence-corrected chi connectivity index (χ4v) is 3.18. The summed E-state index contributed by atoms with van der Waals surface area (Å²) in [6.07, 6.45) is 3.78. The third kappa shape index (κ3) is 3.65. The van der Waals surface area contributed by atoms with E-state index in [9.17, 15) is 0 Å². The minimum absolute atomic E-state index is 0.400. The van der Waals surface area contributed by atoms with Crippen molar-refractivity contribution in [2.45, 2.75) is 11.8 Å². The zero-order valence-electron chi connectivity index (χ0n) is 11.9. The van der Waals surface area contributed by atoms with Crippen molar-refractivity contribution in [3.8, 4) is 0 Å². The Bertz CT molecular complexity index is 611. The molecule has 1 aliphatic heterocycles. The number of hydrogen-bond donors (Lipinski definition) is 1. The van der Waals surface area contributed by atoms with Crippen molar-refractivity contribution in [2.75, 3.05) is 25.6 Å². The lowest BCUT2D eigenvalue weighted by molar-refractivity contribution is 0.183. The number of hydrogen-bond acceptors (Lipinski definition) is 5. The number of rotatable bonds is 5. The van der Waals surface area contributed by atoms with E-state index in [2.05, 4.69) is 39.7 Å². The molecular formula is C15H18N4OS. The Morgan fingerprint density at radius 3 is 3.05 bits per heavy atom. The van der Waals surface area contributed by atoms with Crippen molar-refractivity contribution in [2.24, 2.45) is 4.99 Å². The van der Waals surface area contributed by atoms with Crippen molar-refractivity contribution < 1.29 is 4.74 Å². The monoisotopic (exact) mass is 302 g/mol. The number of amidine groups is 1. The quantitative estimate of drug-likeness (QED) is 0.923. The number of nitrogens with one attached hydrogen (secondary N) is 1. The third-order valence-corrected chi connectivity index (χ3v) is 4.40. The summed E-state index contributed by atoms with van der Waals surface area (Å²) in [5.74, 6) is 0. The molecule has 0 amide bonds. The van der Waals surface area contributed by atoms with Crippen LogP contribution in [0.2, 0.25) is 0 Å². The summed E-state index contributed by atoms with van der Waals surface area (Å²) in [5.41, 5.74) is 2.28. The third-order valence-electron chi connectivity index (χ3n) is 3.23. The van der Waals surface area contributed by atoms with E-state index in [1.54, 1.807) is 18.9 Å². The van der Waals surface area contributed by atoms with Gasteiger partial charge in [0, 0.05) is 13.3 Å². The largest absolute Gasteiger partial charge is 0.383 e. The molecule has 1 aromatic carbocycles. The number of aliphatic imine (C=N–C) groups is 1. The first-order valence-electron chi connectivity index (χ1n) is 6.89. The van der Waals surface area contributed by atoms with Crippen LogP contribution in [0, 0.1) is 0 Å². The Kier molecular flexibility index (Phi) is 4.57. The van der Waals surface area contributed by atoms with Crippen LogP contribution in [0.15, 0.2) is 47.7 Å². The first kappa shape index (κ1) is 14.2. The van der Waals surface area contributed by atoms with Gasteiger partial charge in [-0.25, -0.2) is 0 Å². The van der Waals surface area contributed by atoms with Gasteiger partial charge in [-0.3, -0.25) is 9.67 Å². The second-order valence-electron chi connectivity index (χ2n) is 4.77. The van der Waals surface area contributed by atoms with Crippen LogP contribution >= 0.6 is 11.8 Å². The Morgan fingerprint density at radius 1 is 1.38 bits per heavy atom. The summed E-state index contributed by atoms with van der Waals surface area (Å²) >= 11 is 1.76. The van der Waals surface area contributed by atoms with Crippen LogP contribution in [-0.4, -0.2) is 35.2 Å². The predicted octanol–water partition coefficient (Wildman–Crippen LogP) is 2.79. The molecule has 1 aliphatic rings. The summed E-state index contributed by atoms with van der Waals surface area (Å²) in [6, 6.07) is 10.5. The van der Waals surface area contributed by atoms with Crippen molar-refractivity contribution in [1.29, 1.82) is 0 Å². The summed E-state index contributed by atoms with van der Waals surface area (Å²) in [5, 5.41) is 8.96. The molecule has 0 radical (unpaired) electrons. The number of methoxy groups -OCH3 is 1. The van der Waals surface area contributed by atoms with E-state index in [0.29, 0.717) is 11.9 Å². The number of aromatic nitrogens is 2. The average Bonchev–Trinajstić information content (AvgIpc) is 3.16. The lowest BCUT2D eigenvalue weighted by Gasteiger charge is -2.08. The van der Waals surface area contributed by atoms with E-state index in [-0.39, 0.29) is 0 Å². The molecule has 110 valence electrons. The van der Waals surface area contributed by atoms with E-state index in [4.69, 9.17) is 4.74 Å². The predicted molar refractivity (Wildman–Crippen MR) is 86.8 cm³/mol. The highest BCUT2D eigenvalue weighted by atomic mass is 32.2. The van der Waals surface area contributed by atoms with E-state index in [1.807, 2.05) is 23.1 Å². The summed E-state index contributed by atoms with van der Waals surface area (Å²) in [7, 11) is 1.69. The Morgan fingerprint density at radius 2 is 2.24 bits per heavy atom. The van der Waals surface area contributed by atoms with Crippen LogP contribution < -0.4 is 5.32 Å². The molecule has 21 heavy (non-hydrogen) atoms. The fourth-order valence-electron chi connectivity index (χ4n) is 2.14. The highest BCUT2D eigenvalue weighted by molar-refractivity contribution is 8.14. The van der Waals surface area contributed by atoms with Crippen LogP contribution in [-0.2, 0) is 11.3 Å². The summed E-state index contributed by atoms with van der Waals surface area (Å²) in [4.78, 5) is 4.57. The maximum absolute atomic E-state index is 5.04. The van der Waals surface area contributed by atoms with Crippen LogP contribution in [0.25, 0.3) is 0 Å². The van der Waals surface area contributed by atoms with Gasteiger partial charge in [0.25, 0.3) is 0 Å². The Labute approximate surface area is 128 Å². The molecule has 3 rings (SSSR count). The van der Waals surface area contributed by atoms with Gasteiger partial charge in [0.05, 0.1) is 36.8 Å². The first-order valence-corrected chi connectivity index (χ1v) is 7.77. The number of anilines is 1. The molecule has 2 heterocycles. The van der Waals surface area contributed by atoms with Crippen molar-refractivity contribution in [3.05, 3.63) is 48.3 Å². The minimum atomic E-state index is 0.400. The molecule has 0 spiro atoms. The Balaban J connectivity index is 1.56. The molecular weight excluding hydrogens is 284 g/mol. The van der Waals surface area contributed by atoms with Gasteiger partial charge in [0.1, 0.15) is 0 Å². The van der Waals surface area contributed by atoms with E-state index >= 15 is 0 Å². The van der Waals surface area contributed by atoms with Gasteiger partial charge in [-0.05, 0) is 5.56 Å². The zero-order valence-corrected chi connectivity index (χ0v) is 12.7. The van der Waals surface area contributed by atoms with Crippen LogP contribution in [0.5, 0.6) is 0 Å². The second kappa shape index (κ2) is 6.78. The Hall–Kier alpha value is -1.79. The molecule has 1 N–H and O–H groups in total. The lowest BCUT2D eigenvalue weighted by Crippen LogP contribution is -2.06. The maximum atomic E-state index is 5.04. The first-order chi connectivity index (χ1) is 10.3. The van der Waals surface area contributed by atoms with Crippen LogP contribution in [0.4, 0.5) is 5.69 Å². The fraction of sp³-hybridized carbons (Fsp3) is 0.333. The van der Waals surface area contributed by atoms with Crippen molar-refractivity contribution in [3.63, 3.8) is 0 Å². The van der Waals surface area contributed by atoms with Crippen molar-refractivity contribution in [1.82, 2.24) is 9.78 Å². The summed E-state index contributed by atoms with van der Waals surface area (Å²) < 4.78 is 6.90. The highest BCUT2D eigenvalue weighted by Gasteiger charge is 2.21. The topological polar surface area (TPSA) is 51.4 Å². The van der Waals surface area contributed by atoms with E-state index in [0.717, 1.165) is 23.9 Å². The van der Waals surface area contributed by atoms with Gasteiger partial charge in [-0.2, -0.15) is 5.10 Å². The van der Waals surface area contributed by atoms with Crippen LogP contribution in [0.3, 0.4) is 0 Å². The van der Waals surface area contributed by atoms with Crippen molar-refractivity contribution >= 4 is 22.6 Å². The molecule has 5 nitrogen and oxygen atoms in total. The maximum Gasteiger partial charge on any atom is 0.161 e. The zero-order chi connectivity index (χ0) is 14.5. The van der Waals surface area contributed by atoms with E-state index in [1.165, 1.54) is 5.56 Å². The number of benzene rings is 1.